The van der Waals surface area contributed by atoms with E-state index in [0.717, 1.165) is 4.90 Å². The number of hydrogen-bond donors (Lipinski definition) is 1. The van der Waals surface area contributed by atoms with Crippen molar-refractivity contribution in [3.8, 4) is 5.75 Å². The maximum Gasteiger partial charge on any atom is 0.243 e. The molecule has 2 aliphatic rings. The van der Waals surface area contributed by atoms with E-state index in [9.17, 15) is 19.2 Å². The Morgan fingerprint density at radius 3 is 2.21 bits per heavy atom. The predicted octanol–water partition coefficient (Wildman–Crippen LogP) is 1.04. The number of nitrogens with zero attached hydrogens (tertiary/aromatic N) is 2. The molecule has 1 fully saturated rings. The zero-order valence-electron chi connectivity index (χ0n) is 15.9. The lowest BCUT2D eigenvalue weighted by Crippen LogP contribution is -2.44. The highest BCUT2D eigenvalue weighted by Gasteiger charge is 2.47. The minimum atomic E-state index is -0.460. The second-order valence-electron chi connectivity index (χ2n) is 6.94. The van der Waals surface area contributed by atoms with Crippen LogP contribution in [0, 0.1) is 11.8 Å². The van der Waals surface area contributed by atoms with E-state index in [0.29, 0.717) is 24.3 Å². The van der Waals surface area contributed by atoms with Crippen LogP contribution < -0.4 is 10.1 Å². The number of ether oxygens (including phenoxy) is 1. The van der Waals surface area contributed by atoms with Crippen molar-refractivity contribution in [3.63, 3.8) is 0 Å². The van der Waals surface area contributed by atoms with Gasteiger partial charge in [0.25, 0.3) is 0 Å². The average molecular weight is 385 g/mol. The Kier molecular flexibility index (Phi) is 5.77. The van der Waals surface area contributed by atoms with Crippen molar-refractivity contribution in [3.05, 3.63) is 36.4 Å². The number of fused-ring (bicyclic) bond motifs is 1. The summed E-state index contributed by atoms with van der Waals surface area (Å²) in [6.45, 7) is -0.521. The van der Waals surface area contributed by atoms with Gasteiger partial charge in [-0.1, -0.05) is 12.2 Å². The first-order valence-corrected chi connectivity index (χ1v) is 9.08. The highest BCUT2D eigenvalue weighted by Crippen LogP contribution is 2.34. The van der Waals surface area contributed by atoms with E-state index in [1.807, 2.05) is 12.2 Å². The Balaban J connectivity index is 1.53. The van der Waals surface area contributed by atoms with E-state index in [1.54, 1.807) is 31.4 Å². The summed E-state index contributed by atoms with van der Waals surface area (Å²) >= 11 is 0. The molecule has 2 atom stereocenters. The molecule has 1 N–H and O–H groups in total. The topological polar surface area (TPSA) is 96.0 Å². The molecular weight excluding hydrogens is 362 g/mol. The van der Waals surface area contributed by atoms with Crippen molar-refractivity contribution < 1.29 is 23.9 Å². The van der Waals surface area contributed by atoms with Gasteiger partial charge in [0.05, 0.1) is 25.5 Å². The molecule has 0 bridgehead atoms. The Morgan fingerprint density at radius 1 is 1.11 bits per heavy atom. The van der Waals surface area contributed by atoms with Crippen molar-refractivity contribution in [2.45, 2.75) is 12.8 Å². The van der Waals surface area contributed by atoms with Gasteiger partial charge in [0.2, 0.25) is 23.6 Å². The van der Waals surface area contributed by atoms with Gasteiger partial charge in [-0.05, 0) is 37.1 Å². The number of nitrogens with one attached hydrogen (secondary N) is 1. The third kappa shape index (κ3) is 4.05. The smallest absolute Gasteiger partial charge is 0.243 e. The lowest BCUT2D eigenvalue weighted by molar-refractivity contribution is -0.146. The van der Waals surface area contributed by atoms with Crippen LogP contribution in [0.1, 0.15) is 12.8 Å². The number of carbonyl (C=O) groups excluding carboxylic acids is 4. The number of hydrogen-bond acceptors (Lipinski definition) is 5. The van der Waals surface area contributed by atoms with Crippen molar-refractivity contribution in [2.24, 2.45) is 11.8 Å². The third-order valence-electron chi connectivity index (χ3n) is 5.07. The summed E-state index contributed by atoms with van der Waals surface area (Å²) in [5.41, 5.74) is 0.577. The first-order valence-electron chi connectivity index (χ1n) is 9.08. The van der Waals surface area contributed by atoms with Crippen molar-refractivity contribution >= 4 is 29.3 Å². The maximum atomic E-state index is 12.4. The zero-order chi connectivity index (χ0) is 20.3. The number of likely N-dealkylation sites (N-methyl/N-ethyl adjacent to an activating group) is 1. The van der Waals surface area contributed by atoms with Crippen LogP contribution in [0.25, 0.3) is 0 Å². The second-order valence-corrected chi connectivity index (χ2v) is 6.94. The predicted molar refractivity (Wildman–Crippen MR) is 101 cm³/mol. The first-order chi connectivity index (χ1) is 13.4. The van der Waals surface area contributed by atoms with E-state index in [1.165, 1.54) is 11.9 Å². The van der Waals surface area contributed by atoms with Crippen LogP contribution in [0.15, 0.2) is 36.4 Å². The second kappa shape index (κ2) is 8.24. The molecule has 8 heteroatoms. The molecule has 148 valence electrons. The molecule has 0 aromatic heterocycles. The molecule has 0 radical (unpaired) electrons. The molecule has 1 aliphatic carbocycles. The molecule has 1 aromatic carbocycles. The summed E-state index contributed by atoms with van der Waals surface area (Å²) in [7, 11) is 3.02. The molecule has 0 saturated carbocycles. The fourth-order valence-electron chi connectivity index (χ4n) is 3.46. The summed E-state index contributed by atoms with van der Waals surface area (Å²) in [6.07, 6.45) is 4.85. The van der Waals surface area contributed by atoms with E-state index in [-0.39, 0.29) is 42.6 Å². The molecular formula is C20H23N3O5. The lowest BCUT2D eigenvalue weighted by Gasteiger charge is -2.20. The highest BCUT2D eigenvalue weighted by molar-refractivity contribution is 6.07. The Morgan fingerprint density at radius 2 is 1.68 bits per heavy atom. The molecule has 3 rings (SSSR count). The lowest BCUT2D eigenvalue weighted by atomic mass is 9.85. The summed E-state index contributed by atoms with van der Waals surface area (Å²) in [5.74, 6) is -1.51. The molecule has 1 aromatic rings. The van der Waals surface area contributed by atoms with E-state index < -0.39 is 5.91 Å². The fourth-order valence-corrected chi connectivity index (χ4v) is 3.46. The Hall–Kier alpha value is -3.16. The molecule has 28 heavy (non-hydrogen) atoms. The van der Waals surface area contributed by atoms with Gasteiger partial charge in [-0.15, -0.1) is 0 Å². The highest BCUT2D eigenvalue weighted by atomic mass is 16.5. The van der Waals surface area contributed by atoms with Gasteiger partial charge in [0.1, 0.15) is 12.3 Å². The Bertz CT molecular complexity index is 792. The maximum absolute atomic E-state index is 12.4. The molecule has 1 aliphatic heterocycles. The summed E-state index contributed by atoms with van der Waals surface area (Å²) in [6, 6.07) is 6.80. The number of methoxy groups -OCH3 is 1. The largest absolute Gasteiger partial charge is 0.497 e. The molecule has 2 unspecified atom stereocenters. The molecule has 1 saturated heterocycles. The quantitative estimate of drug-likeness (QED) is 0.583. The summed E-state index contributed by atoms with van der Waals surface area (Å²) in [5, 5.41) is 2.69. The van der Waals surface area contributed by atoms with Gasteiger partial charge < -0.3 is 15.0 Å². The van der Waals surface area contributed by atoms with Crippen LogP contribution in [0.2, 0.25) is 0 Å². The van der Waals surface area contributed by atoms with E-state index >= 15 is 0 Å². The minimum Gasteiger partial charge on any atom is -0.497 e. The van der Waals surface area contributed by atoms with Gasteiger partial charge in [-0.2, -0.15) is 0 Å². The molecule has 8 nitrogen and oxygen atoms in total. The number of anilines is 1. The number of imide groups is 1. The van der Waals surface area contributed by atoms with Crippen LogP contribution in [-0.4, -0.2) is 60.7 Å². The van der Waals surface area contributed by atoms with Crippen molar-refractivity contribution in [1.29, 1.82) is 0 Å². The summed E-state index contributed by atoms with van der Waals surface area (Å²) in [4.78, 5) is 51.7. The summed E-state index contributed by atoms with van der Waals surface area (Å²) < 4.78 is 5.06. The van der Waals surface area contributed by atoms with Gasteiger partial charge >= 0.3 is 0 Å². The van der Waals surface area contributed by atoms with Crippen LogP contribution in [-0.2, 0) is 19.2 Å². The van der Waals surface area contributed by atoms with Gasteiger partial charge in [-0.3, -0.25) is 24.1 Å². The number of amides is 4. The molecule has 1 heterocycles. The number of allylic oxidation sites excluding steroid dienone is 2. The number of rotatable bonds is 6. The average Bonchev–Trinajstić information content (AvgIpc) is 2.93. The van der Waals surface area contributed by atoms with Crippen LogP contribution >= 0.6 is 0 Å². The van der Waals surface area contributed by atoms with Crippen molar-refractivity contribution in [1.82, 2.24) is 9.80 Å². The molecule has 4 amide bonds. The van der Waals surface area contributed by atoms with Crippen molar-refractivity contribution in [2.75, 3.05) is 32.6 Å². The monoisotopic (exact) mass is 385 g/mol. The SMILES string of the molecule is COc1ccc(NC(=O)CN(C)C(=O)CN2C(=O)C3CC=CCC3C2=O)cc1. The standard InChI is InChI=1S/C20H23N3O5/c1-22(11-17(24)21-13-7-9-14(28-2)10-8-13)18(25)12-23-19(26)15-5-3-4-6-16(15)20(23)27/h3-4,7-10,15-16H,5-6,11-12H2,1-2H3,(H,21,24). The molecule has 0 spiro atoms. The first kappa shape index (κ1) is 19.6. The van der Waals surface area contributed by atoms with Gasteiger partial charge in [0, 0.05) is 12.7 Å². The number of benzene rings is 1. The van der Waals surface area contributed by atoms with Gasteiger partial charge in [-0.25, -0.2) is 0 Å². The number of carbonyl (C=O) groups is 4. The minimum absolute atomic E-state index is 0.185. The van der Waals surface area contributed by atoms with E-state index in [2.05, 4.69) is 5.32 Å². The third-order valence-corrected chi connectivity index (χ3v) is 5.07. The van der Waals surface area contributed by atoms with Crippen LogP contribution in [0.5, 0.6) is 5.75 Å². The van der Waals surface area contributed by atoms with Crippen LogP contribution in [0.3, 0.4) is 0 Å². The number of likely N-dealkylation sites (tertiary alicyclic amines) is 1. The fraction of sp³-hybridized carbons (Fsp3) is 0.400. The van der Waals surface area contributed by atoms with Gasteiger partial charge in [0.15, 0.2) is 0 Å². The Labute approximate surface area is 163 Å². The zero-order valence-corrected chi connectivity index (χ0v) is 15.9. The van der Waals surface area contributed by atoms with E-state index in [4.69, 9.17) is 4.74 Å². The van der Waals surface area contributed by atoms with Crippen LogP contribution in [0.4, 0.5) is 5.69 Å². The normalized spacial score (nSPS) is 20.7.